The van der Waals surface area contributed by atoms with E-state index in [4.69, 9.17) is 5.73 Å². The van der Waals surface area contributed by atoms with Gasteiger partial charge in [-0.1, -0.05) is 6.07 Å². The molecule has 1 amide bonds. The van der Waals surface area contributed by atoms with Crippen LogP contribution in [0, 0.1) is 0 Å². The Hall–Kier alpha value is -0.910. The average molecular weight is 281 g/mol. The summed E-state index contributed by atoms with van der Waals surface area (Å²) in [6.45, 7) is 6.62. The Labute approximate surface area is 119 Å². The maximum atomic E-state index is 12.0. The first kappa shape index (κ1) is 14.5. The third-order valence-corrected chi connectivity index (χ3v) is 4.26. The van der Waals surface area contributed by atoms with E-state index in [1.165, 1.54) is 4.88 Å². The Morgan fingerprint density at radius 2 is 2.26 bits per heavy atom. The first-order chi connectivity index (χ1) is 9.15. The molecule has 0 saturated carbocycles. The van der Waals surface area contributed by atoms with Crippen molar-refractivity contribution in [2.24, 2.45) is 5.73 Å². The Kier molecular flexibility index (Phi) is 5.36. The van der Waals surface area contributed by atoms with Crippen LogP contribution in [0.3, 0.4) is 0 Å². The van der Waals surface area contributed by atoms with Crippen LogP contribution in [0.1, 0.15) is 24.6 Å². The molecule has 0 spiro atoms. The van der Waals surface area contributed by atoms with Crippen LogP contribution in [-0.4, -0.2) is 47.9 Å². The van der Waals surface area contributed by atoms with E-state index in [9.17, 15) is 4.79 Å². The fraction of sp³-hybridized carbons (Fsp3) is 0.643. The molecule has 1 aromatic rings. The van der Waals surface area contributed by atoms with E-state index in [1.807, 2.05) is 11.8 Å². The zero-order valence-electron chi connectivity index (χ0n) is 11.5. The predicted molar refractivity (Wildman–Crippen MR) is 79.1 cm³/mol. The van der Waals surface area contributed by atoms with Crippen molar-refractivity contribution in [1.29, 1.82) is 0 Å². The molecule has 19 heavy (non-hydrogen) atoms. The summed E-state index contributed by atoms with van der Waals surface area (Å²) in [4.78, 5) is 17.8. The van der Waals surface area contributed by atoms with Gasteiger partial charge in [0.25, 0.3) is 0 Å². The fourth-order valence-electron chi connectivity index (χ4n) is 2.41. The molecule has 1 aliphatic rings. The van der Waals surface area contributed by atoms with Gasteiger partial charge in [-0.3, -0.25) is 9.69 Å². The molecular weight excluding hydrogens is 258 g/mol. The van der Waals surface area contributed by atoms with Gasteiger partial charge in [0, 0.05) is 50.1 Å². The van der Waals surface area contributed by atoms with E-state index in [0.29, 0.717) is 6.42 Å². The molecule has 1 aromatic heterocycles. The maximum Gasteiger partial charge on any atom is 0.224 e. The summed E-state index contributed by atoms with van der Waals surface area (Å²) in [5, 5.41) is 2.12. The molecule has 106 valence electrons. The van der Waals surface area contributed by atoms with Crippen LogP contribution in [0.4, 0.5) is 0 Å². The van der Waals surface area contributed by atoms with E-state index in [1.54, 1.807) is 11.3 Å². The first-order valence-corrected chi connectivity index (χ1v) is 7.81. The monoisotopic (exact) mass is 281 g/mol. The second kappa shape index (κ2) is 7.03. The third-order valence-electron chi connectivity index (χ3n) is 3.40. The second-order valence-corrected chi connectivity index (χ2v) is 6.30. The molecule has 1 unspecified atom stereocenters. The predicted octanol–water partition coefficient (Wildman–Crippen LogP) is 1.52. The normalized spacial score (nSPS) is 19.2. The molecule has 2 heterocycles. The molecule has 1 atom stereocenters. The van der Waals surface area contributed by atoms with Crippen LogP contribution >= 0.6 is 11.3 Å². The molecule has 2 N–H and O–H groups in total. The standard InChI is InChI=1S/C14H23N3OS/c1-12(15)10-14(18)17-6-3-5-16(7-8-17)11-13-4-2-9-19-13/h2,4,9,12H,3,5-8,10-11,15H2,1H3. The van der Waals surface area contributed by atoms with E-state index in [0.717, 1.165) is 39.1 Å². The van der Waals surface area contributed by atoms with Crippen LogP contribution in [0.5, 0.6) is 0 Å². The van der Waals surface area contributed by atoms with Crippen LogP contribution in [-0.2, 0) is 11.3 Å². The summed E-state index contributed by atoms with van der Waals surface area (Å²) >= 11 is 1.80. The molecule has 4 nitrogen and oxygen atoms in total. The number of carbonyl (C=O) groups is 1. The Morgan fingerprint density at radius 3 is 2.95 bits per heavy atom. The van der Waals surface area contributed by atoms with Crippen molar-refractivity contribution in [3.8, 4) is 0 Å². The molecule has 0 aromatic carbocycles. The van der Waals surface area contributed by atoms with Gasteiger partial charge < -0.3 is 10.6 Å². The van der Waals surface area contributed by atoms with Crippen molar-refractivity contribution in [2.75, 3.05) is 26.2 Å². The van der Waals surface area contributed by atoms with Crippen LogP contribution in [0.25, 0.3) is 0 Å². The van der Waals surface area contributed by atoms with E-state index in [-0.39, 0.29) is 11.9 Å². The minimum absolute atomic E-state index is 0.0435. The topological polar surface area (TPSA) is 49.6 Å². The van der Waals surface area contributed by atoms with Crippen molar-refractivity contribution in [3.05, 3.63) is 22.4 Å². The van der Waals surface area contributed by atoms with E-state index >= 15 is 0 Å². The minimum atomic E-state index is -0.0435. The van der Waals surface area contributed by atoms with Gasteiger partial charge in [0.2, 0.25) is 5.91 Å². The summed E-state index contributed by atoms with van der Waals surface area (Å²) in [5.41, 5.74) is 5.70. The molecule has 5 heteroatoms. The molecule has 0 bridgehead atoms. The van der Waals surface area contributed by atoms with Gasteiger partial charge in [0.15, 0.2) is 0 Å². The lowest BCUT2D eigenvalue weighted by Gasteiger charge is -2.22. The lowest BCUT2D eigenvalue weighted by atomic mass is 10.2. The number of thiophene rings is 1. The van der Waals surface area contributed by atoms with Crippen LogP contribution in [0.2, 0.25) is 0 Å². The Balaban J connectivity index is 1.82. The summed E-state index contributed by atoms with van der Waals surface area (Å²) in [5.74, 6) is 0.202. The number of nitrogens with two attached hydrogens (primary N) is 1. The van der Waals surface area contributed by atoms with E-state index < -0.39 is 0 Å². The number of amides is 1. The average Bonchev–Trinajstić information content (AvgIpc) is 2.73. The van der Waals surface area contributed by atoms with Gasteiger partial charge >= 0.3 is 0 Å². The van der Waals surface area contributed by atoms with Crippen molar-refractivity contribution < 1.29 is 4.79 Å². The molecule has 2 rings (SSSR count). The van der Waals surface area contributed by atoms with Crippen molar-refractivity contribution >= 4 is 17.2 Å². The van der Waals surface area contributed by atoms with Gasteiger partial charge in [-0.15, -0.1) is 11.3 Å². The minimum Gasteiger partial charge on any atom is -0.341 e. The molecule has 1 aliphatic heterocycles. The smallest absolute Gasteiger partial charge is 0.224 e. The summed E-state index contributed by atoms with van der Waals surface area (Å²) in [6, 6.07) is 4.23. The summed E-state index contributed by atoms with van der Waals surface area (Å²) in [7, 11) is 0. The highest BCUT2D eigenvalue weighted by Gasteiger charge is 2.19. The SMILES string of the molecule is CC(N)CC(=O)N1CCCN(Cc2cccs2)CC1. The lowest BCUT2D eigenvalue weighted by molar-refractivity contribution is -0.131. The lowest BCUT2D eigenvalue weighted by Crippen LogP contribution is -2.37. The molecule has 1 fully saturated rings. The molecule has 0 radical (unpaired) electrons. The zero-order chi connectivity index (χ0) is 13.7. The number of nitrogens with zero attached hydrogens (tertiary/aromatic N) is 2. The van der Waals surface area contributed by atoms with Gasteiger partial charge in [0.05, 0.1) is 0 Å². The fourth-order valence-corrected chi connectivity index (χ4v) is 3.15. The van der Waals surface area contributed by atoms with Gasteiger partial charge in [-0.05, 0) is 24.8 Å². The van der Waals surface area contributed by atoms with Crippen molar-refractivity contribution in [1.82, 2.24) is 9.80 Å². The molecule has 1 saturated heterocycles. The number of carbonyl (C=O) groups excluding carboxylic acids is 1. The number of hydrogen-bond donors (Lipinski definition) is 1. The van der Waals surface area contributed by atoms with Crippen LogP contribution < -0.4 is 5.73 Å². The van der Waals surface area contributed by atoms with E-state index in [2.05, 4.69) is 22.4 Å². The zero-order valence-corrected chi connectivity index (χ0v) is 12.4. The van der Waals surface area contributed by atoms with Crippen LogP contribution in [0.15, 0.2) is 17.5 Å². The Bertz CT molecular complexity index is 391. The largest absolute Gasteiger partial charge is 0.341 e. The van der Waals surface area contributed by atoms with Gasteiger partial charge in [-0.2, -0.15) is 0 Å². The quantitative estimate of drug-likeness (QED) is 0.910. The number of hydrogen-bond acceptors (Lipinski definition) is 4. The Morgan fingerprint density at radius 1 is 1.42 bits per heavy atom. The maximum absolute atomic E-state index is 12.0. The highest BCUT2D eigenvalue weighted by molar-refractivity contribution is 7.09. The molecule has 0 aliphatic carbocycles. The van der Waals surface area contributed by atoms with Gasteiger partial charge in [0.1, 0.15) is 0 Å². The van der Waals surface area contributed by atoms with Crippen molar-refractivity contribution in [2.45, 2.75) is 32.4 Å². The highest BCUT2D eigenvalue weighted by atomic mass is 32.1. The summed E-state index contributed by atoms with van der Waals surface area (Å²) in [6.07, 6.45) is 1.51. The van der Waals surface area contributed by atoms with Gasteiger partial charge in [-0.25, -0.2) is 0 Å². The van der Waals surface area contributed by atoms with Crippen molar-refractivity contribution in [3.63, 3.8) is 0 Å². The highest BCUT2D eigenvalue weighted by Crippen LogP contribution is 2.14. The molecular formula is C14H23N3OS. The number of rotatable bonds is 4. The second-order valence-electron chi connectivity index (χ2n) is 5.27. The summed E-state index contributed by atoms with van der Waals surface area (Å²) < 4.78 is 0. The first-order valence-electron chi connectivity index (χ1n) is 6.93. The third kappa shape index (κ3) is 4.60.